The topological polar surface area (TPSA) is 66.4 Å². The molecule has 0 aromatic heterocycles. The van der Waals surface area contributed by atoms with Crippen molar-refractivity contribution in [3.63, 3.8) is 0 Å². The molecule has 0 saturated heterocycles. The third-order valence-electron chi connectivity index (χ3n) is 2.36. The van der Waals surface area contributed by atoms with E-state index in [1.54, 1.807) is 24.3 Å². The number of para-hydroxylation sites is 1. The average molecular weight is 243 g/mol. The van der Waals surface area contributed by atoms with E-state index in [-0.39, 0.29) is 17.5 Å². The summed E-state index contributed by atoms with van der Waals surface area (Å²) in [6, 6.07) is 6.59. The number of aliphatic hydroxyl groups excluding tert-OH is 1. The second-order valence-corrected chi connectivity index (χ2v) is 5.68. The van der Waals surface area contributed by atoms with Gasteiger partial charge in [0.25, 0.3) is 0 Å². The predicted molar refractivity (Wildman–Crippen MR) is 64.3 cm³/mol. The van der Waals surface area contributed by atoms with Gasteiger partial charge in [0.15, 0.2) is 9.84 Å². The number of nitrogens with one attached hydrogen (secondary N) is 1. The van der Waals surface area contributed by atoms with Crippen molar-refractivity contribution in [1.82, 2.24) is 0 Å². The molecule has 0 fully saturated rings. The molecule has 2 N–H and O–H groups in total. The van der Waals surface area contributed by atoms with Crippen LogP contribution in [-0.2, 0) is 9.84 Å². The number of benzene rings is 1. The summed E-state index contributed by atoms with van der Waals surface area (Å²) >= 11 is 0. The molecule has 0 aliphatic heterocycles. The zero-order valence-corrected chi connectivity index (χ0v) is 10.3. The van der Waals surface area contributed by atoms with Gasteiger partial charge < -0.3 is 10.4 Å². The molecule has 0 radical (unpaired) electrons. The Morgan fingerprint density at radius 3 is 2.50 bits per heavy atom. The predicted octanol–water partition coefficient (Wildman–Crippen LogP) is 1.27. The Kier molecular flexibility index (Phi) is 4.32. The van der Waals surface area contributed by atoms with E-state index in [4.69, 9.17) is 5.11 Å². The normalized spacial score (nSPS) is 13.4. The van der Waals surface area contributed by atoms with Gasteiger partial charge in [-0.05, 0) is 18.6 Å². The van der Waals surface area contributed by atoms with Gasteiger partial charge in [-0.1, -0.05) is 19.1 Å². The van der Waals surface area contributed by atoms with E-state index in [2.05, 4.69) is 5.32 Å². The molecular formula is C11H17NO3S. The molecular weight excluding hydrogens is 226 g/mol. The molecule has 16 heavy (non-hydrogen) atoms. The van der Waals surface area contributed by atoms with Crippen LogP contribution >= 0.6 is 0 Å². The van der Waals surface area contributed by atoms with Crippen LogP contribution in [0.15, 0.2) is 29.2 Å². The molecule has 0 saturated carbocycles. The highest BCUT2D eigenvalue weighted by Gasteiger charge is 2.14. The Labute approximate surface area is 96.2 Å². The van der Waals surface area contributed by atoms with Crippen molar-refractivity contribution in [2.75, 3.05) is 18.2 Å². The first-order valence-corrected chi connectivity index (χ1v) is 7.04. The number of anilines is 1. The van der Waals surface area contributed by atoms with E-state index in [9.17, 15) is 8.42 Å². The van der Waals surface area contributed by atoms with Crippen LogP contribution < -0.4 is 5.32 Å². The summed E-state index contributed by atoms with van der Waals surface area (Å²) in [5.41, 5.74) is 0.547. The molecule has 1 rings (SSSR count). The summed E-state index contributed by atoms with van der Waals surface area (Å²) in [6.45, 7) is 1.91. The van der Waals surface area contributed by atoms with Crippen LogP contribution in [0, 0.1) is 0 Å². The van der Waals surface area contributed by atoms with Gasteiger partial charge in [0.2, 0.25) is 0 Å². The van der Waals surface area contributed by atoms with Crippen molar-refractivity contribution in [2.24, 2.45) is 0 Å². The van der Waals surface area contributed by atoms with Gasteiger partial charge in [-0.3, -0.25) is 0 Å². The standard InChI is InChI=1S/C11H17NO3S/c1-3-9(8-13)12-10-6-4-5-7-11(10)16(2,14)15/h4-7,9,12-13H,3,8H2,1-2H3/t9-/m0/s1. The summed E-state index contributed by atoms with van der Waals surface area (Å²) in [5, 5.41) is 12.1. The van der Waals surface area contributed by atoms with Gasteiger partial charge in [0.1, 0.15) is 0 Å². The molecule has 0 spiro atoms. The average Bonchev–Trinajstić information content (AvgIpc) is 2.25. The lowest BCUT2D eigenvalue weighted by molar-refractivity contribution is 0.271. The molecule has 0 aliphatic carbocycles. The molecule has 0 aliphatic rings. The highest BCUT2D eigenvalue weighted by atomic mass is 32.2. The van der Waals surface area contributed by atoms with Crippen molar-refractivity contribution in [3.05, 3.63) is 24.3 Å². The fraction of sp³-hybridized carbons (Fsp3) is 0.455. The number of aliphatic hydroxyl groups is 1. The molecule has 5 heteroatoms. The molecule has 4 nitrogen and oxygen atoms in total. The Balaban J connectivity index is 3.05. The number of hydrogen-bond donors (Lipinski definition) is 2. The van der Waals surface area contributed by atoms with Crippen molar-refractivity contribution in [1.29, 1.82) is 0 Å². The van der Waals surface area contributed by atoms with Gasteiger partial charge in [-0.25, -0.2) is 8.42 Å². The maximum absolute atomic E-state index is 11.5. The monoisotopic (exact) mass is 243 g/mol. The molecule has 0 heterocycles. The fourth-order valence-corrected chi connectivity index (χ4v) is 2.26. The largest absolute Gasteiger partial charge is 0.394 e. The maximum Gasteiger partial charge on any atom is 0.177 e. The Morgan fingerprint density at radius 1 is 1.38 bits per heavy atom. The minimum atomic E-state index is -3.24. The molecule has 0 bridgehead atoms. The molecule has 1 atom stereocenters. The third kappa shape index (κ3) is 3.21. The summed E-state index contributed by atoms with van der Waals surface area (Å²) in [5.74, 6) is 0. The maximum atomic E-state index is 11.5. The first-order chi connectivity index (χ1) is 7.49. The number of sulfone groups is 1. The molecule has 1 aromatic carbocycles. The van der Waals surface area contributed by atoms with Crippen LogP contribution in [0.25, 0.3) is 0 Å². The quantitative estimate of drug-likeness (QED) is 0.817. The van der Waals surface area contributed by atoms with Crippen LogP contribution in [0.5, 0.6) is 0 Å². The van der Waals surface area contributed by atoms with Crippen LogP contribution in [0.2, 0.25) is 0 Å². The smallest absolute Gasteiger partial charge is 0.177 e. The minimum absolute atomic E-state index is 0.0192. The molecule has 0 amide bonds. The van der Waals surface area contributed by atoms with Crippen LogP contribution in [-0.4, -0.2) is 32.4 Å². The van der Waals surface area contributed by atoms with Crippen LogP contribution in [0.3, 0.4) is 0 Å². The SMILES string of the molecule is CC[C@@H](CO)Nc1ccccc1S(C)(=O)=O. The van der Waals surface area contributed by atoms with Gasteiger partial charge >= 0.3 is 0 Å². The van der Waals surface area contributed by atoms with Gasteiger partial charge in [0.05, 0.1) is 17.2 Å². The Hall–Kier alpha value is -1.07. The lowest BCUT2D eigenvalue weighted by Gasteiger charge is -2.17. The van der Waals surface area contributed by atoms with E-state index in [1.807, 2.05) is 6.92 Å². The van der Waals surface area contributed by atoms with Crippen molar-refractivity contribution in [2.45, 2.75) is 24.3 Å². The fourth-order valence-electron chi connectivity index (χ4n) is 1.41. The van der Waals surface area contributed by atoms with Crippen LogP contribution in [0.4, 0.5) is 5.69 Å². The molecule has 1 aromatic rings. The zero-order chi connectivity index (χ0) is 12.2. The van der Waals surface area contributed by atoms with E-state index in [0.717, 1.165) is 6.42 Å². The number of hydrogen-bond acceptors (Lipinski definition) is 4. The van der Waals surface area contributed by atoms with Gasteiger partial charge in [0, 0.05) is 12.3 Å². The minimum Gasteiger partial charge on any atom is -0.394 e. The summed E-state index contributed by atoms with van der Waals surface area (Å²) in [4.78, 5) is 0.266. The van der Waals surface area contributed by atoms with E-state index in [0.29, 0.717) is 5.69 Å². The zero-order valence-electron chi connectivity index (χ0n) is 9.47. The van der Waals surface area contributed by atoms with Crippen molar-refractivity contribution in [3.8, 4) is 0 Å². The lowest BCUT2D eigenvalue weighted by atomic mass is 10.2. The Bertz CT molecular complexity index is 438. The van der Waals surface area contributed by atoms with Gasteiger partial charge in [-0.15, -0.1) is 0 Å². The van der Waals surface area contributed by atoms with E-state index < -0.39 is 9.84 Å². The van der Waals surface area contributed by atoms with Crippen molar-refractivity contribution >= 4 is 15.5 Å². The summed E-state index contributed by atoms with van der Waals surface area (Å²) in [6.07, 6.45) is 1.90. The van der Waals surface area contributed by atoms with Gasteiger partial charge in [-0.2, -0.15) is 0 Å². The highest BCUT2D eigenvalue weighted by molar-refractivity contribution is 7.90. The first-order valence-electron chi connectivity index (χ1n) is 5.15. The second-order valence-electron chi connectivity index (χ2n) is 3.70. The van der Waals surface area contributed by atoms with E-state index in [1.165, 1.54) is 6.26 Å². The van der Waals surface area contributed by atoms with E-state index >= 15 is 0 Å². The second kappa shape index (κ2) is 5.32. The molecule has 0 unspecified atom stereocenters. The number of rotatable bonds is 5. The first kappa shape index (κ1) is 13.0. The van der Waals surface area contributed by atoms with Crippen molar-refractivity contribution < 1.29 is 13.5 Å². The summed E-state index contributed by atoms with van der Waals surface area (Å²) in [7, 11) is -3.24. The lowest BCUT2D eigenvalue weighted by Crippen LogP contribution is -2.23. The highest BCUT2D eigenvalue weighted by Crippen LogP contribution is 2.21. The third-order valence-corrected chi connectivity index (χ3v) is 3.51. The summed E-state index contributed by atoms with van der Waals surface area (Å²) < 4.78 is 23.0. The Morgan fingerprint density at radius 2 is 2.00 bits per heavy atom. The van der Waals surface area contributed by atoms with Crippen LogP contribution in [0.1, 0.15) is 13.3 Å². The molecule has 90 valence electrons.